The Bertz CT molecular complexity index is 584. The topological polar surface area (TPSA) is 78.9 Å². The second-order valence-corrected chi connectivity index (χ2v) is 5.54. The summed E-state index contributed by atoms with van der Waals surface area (Å²) in [6, 6.07) is 5.82. The molecule has 2 N–H and O–H groups in total. The highest BCUT2D eigenvalue weighted by molar-refractivity contribution is 5.74. The molecule has 1 heterocycles. The van der Waals surface area contributed by atoms with Crippen molar-refractivity contribution in [3.8, 4) is 11.4 Å². The average Bonchev–Trinajstić information content (AvgIpc) is 3.11. The molecular weight excluding hydrogens is 266 g/mol. The van der Waals surface area contributed by atoms with E-state index in [4.69, 9.17) is 10.5 Å². The van der Waals surface area contributed by atoms with Gasteiger partial charge in [0.1, 0.15) is 0 Å². The fourth-order valence-corrected chi connectivity index (χ4v) is 2.89. The van der Waals surface area contributed by atoms with Crippen LogP contribution in [0, 0.1) is 6.92 Å². The Hall–Kier alpha value is -1.95. The van der Waals surface area contributed by atoms with E-state index in [1.165, 1.54) is 25.7 Å². The zero-order valence-corrected chi connectivity index (χ0v) is 12.3. The quantitative estimate of drug-likeness (QED) is 0.853. The summed E-state index contributed by atoms with van der Waals surface area (Å²) in [5, 5.41) is 12.0. The third-order valence-electron chi connectivity index (χ3n) is 4.02. The van der Waals surface area contributed by atoms with Crippen LogP contribution in [0.5, 0.6) is 0 Å². The van der Waals surface area contributed by atoms with Gasteiger partial charge in [0.05, 0.1) is 19.3 Å². The molecule has 0 saturated heterocycles. The number of tetrazole rings is 1. The van der Waals surface area contributed by atoms with E-state index in [0.29, 0.717) is 30.8 Å². The van der Waals surface area contributed by atoms with Gasteiger partial charge in [0, 0.05) is 11.3 Å². The molecule has 0 aliphatic heterocycles. The van der Waals surface area contributed by atoms with E-state index < -0.39 is 0 Å². The molecule has 6 heteroatoms. The van der Waals surface area contributed by atoms with Crippen molar-refractivity contribution in [3.63, 3.8) is 0 Å². The monoisotopic (exact) mass is 287 g/mol. The van der Waals surface area contributed by atoms with Crippen molar-refractivity contribution in [1.29, 1.82) is 0 Å². The van der Waals surface area contributed by atoms with Crippen LogP contribution in [-0.4, -0.2) is 32.9 Å². The second-order valence-electron chi connectivity index (χ2n) is 5.54. The van der Waals surface area contributed by atoms with Crippen LogP contribution >= 0.6 is 0 Å². The van der Waals surface area contributed by atoms with Crippen LogP contribution in [0.4, 0.5) is 5.69 Å². The molecule has 0 atom stereocenters. The molecule has 21 heavy (non-hydrogen) atoms. The van der Waals surface area contributed by atoms with Crippen LogP contribution in [0.2, 0.25) is 0 Å². The Morgan fingerprint density at radius 2 is 2.14 bits per heavy atom. The van der Waals surface area contributed by atoms with E-state index in [2.05, 4.69) is 15.5 Å². The molecule has 1 aliphatic carbocycles. The first kappa shape index (κ1) is 14.0. The Labute approximate surface area is 124 Å². The zero-order chi connectivity index (χ0) is 14.7. The Balaban J connectivity index is 1.71. The maximum atomic E-state index is 6.07. The van der Waals surface area contributed by atoms with Gasteiger partial charge in [-0.15, -0.1) is 5.10 Å². The number of hydrogen-bond donors (Lipinski definition) is 1. The maximum Gasteiger partial charge on any atom is 0.184 e. The number of anilines is 1. The Morgan fingerprint density at radius 3 is 2.90 bits per heavy atom. The van der Waals surface area contributed by atoms with Gasteiger partial charge in [0.25, 0.3) is 0 Å². The first-order chi connectivity index (χ1) is 10.3. The first-order valence-corrected chi connectivity index (χ1v) is 7.49. The number of rotatable bonds is 5. The number of benzene rings is 1. The summed E-state index contributed by atoms with van der Waals surface area (Å²) < 4.78 is 7.65. The van der Waals surface area contributed by atoms with E-state index >= 15 is 0 Å². The molecule has 0 unspecified atom stereocenters. The lowest BCUT2D eigenvalue weighted by Gasteiger charge is -2.12. The van der Waals surface area contributed by atoms with Crippen molar-refractivity contribution in [2.24, 2.45) is 0 Å². The second kappa shape index (κ2) is 6.22. The smallest absolute Gasteiger partial charge is 0.184 e. The van der Waals surface area contributed by atoms with Crippen molar-refractivity contribution in [1.82, 2.24) is 20.2 Å². The minimum Gasteiger partial charge on any atom is -0.398 e. The summed E-state index contributed by atoms with van der Waals surface area (Å²) in [5.74, 6) is 0.709. The average molecular weight is 287 g/mol. The van der Waals surface area contributed by atoms with Crippen molar-refractivity contribution < 1.29 is 4.74 Å². The predicted octanol–water partition coefficient (Wildman–Crippen LogP) is 2.19. The van der Waals surface area contributed by atoms with Gasteiger partial charge in [-0.3, -0.25) is 0 Å². The molecule has 1 saturated carbocycles. The van der Waals surface area contributed by atoms with Gasteiger partial charge >= 0.3 is 0 Å². The van der Waals surface area contributed by atoms with Gasteiger partial charge < -0.3 is 10.5 Å². The van der Waals surface area contributed by atoms with E-state index in [-0.39, 0.29) is 0 Å². The molecule has 112 valence electrons. The highest BCUT2D eigenvalue weighted by Gasteiger charge is 2.17. The van der Waals surface area contributed by atoms with Crippen LogP contribution in [0.3, 0.4) is 0 Å². The Morgan fingerprint density at radius 1 is 1.33 bits per heavy atom. The standard InChI is InChI=1S/C15H21N5O/c1-11-5-4-8-13(16)14(11)15-17-18-19-20(15)9-10-21-12-6-2-3-7-12/h4-5,8,12H,2-3,6-7,9-10,16H2,1H3. The van der Waals surface area contributed by atoms with Gasteiger partial charge in [-0.05, 0) is 41.8 Å². The van der Waals surface area contributed by atoms with Crippen LogP contribution in [0.1, 0.15) is 31.2 Å². The van der Waals surface area contributed by atoms with Crippen LogP contribution in [0.25, 0.3) is 11.4 Å². The lowest BCUT2D eigenvalue weighted by molar-refractivity contribution is 0.0514. The molecule has 1 fully saturated rings. The summed E-state index contributed by atoms with van der Waals surface area (Å²) in [7, 11) is 0. The Kier molecular flexibility index (Phi) is 4.15. The maximum absolute atomic E-state index is 6.07. The number of nitrogens with two attached hydrogens (primary N) is 1. The van der Waals surface area contributed by atoms with Gasteiger partial charge in [0.2, 0.25) is 0 Å². The van der Waals surface area contributed by atoms with Gasteiger partial charge in [-0.2, -0.15) is 0 Å². The fraction of sp³-hybridized carbons (Fsp3) is 0.533. The van der Waals surface area contributed by atoms with Gasteiger partial charge in [-0.1, -0.05) is 25.0 Å². The summed E-state index contributed by atoms with van der Waals surface area (Å²) in [6.07, 6.45) is 5.31. The third-order valence-corrected chi connectivity index (χ3v) is 4.02. The molecule has 0 spiro atoms. The third kappa shape index (κ3) is 3.05. The molecule has 1 aromatic heterocycles. The molecule has 0 amide bonds. The van der Waals surface area contributed by atoms with Crippen molar-refractivity contribution in [2.45, 2.75) is 45.3 Å². The summed E-state index contributed by atoms with van der Waals surface area (Å²) in [6.45, 7) is 3.29. The van der Waals surface area contributed by atoms with Crippen molar-refractivity contribution in [2.75, 3.05) is 12.3 Å². The molecule has 0 radical (unpaired) electrons. The highest BCUT2D eigenvalue weighted by atomic mass is 16.5. The minimum absolute atomic E-state index is 0.411. The summed E-state index contributed by atoms with van der Waals surface area (Å²) in [5.41, 5.74) is 8.74. The summed E-state index contributed by atoms with van der Waals surface area (Å²) in [4.78, 5) is 0. The number of ether oxygens (including phenoxy) is 1. The van der Waals surface area contributed by atoms with Crippen molar-refractivity contribution in [3.05, 3.63) is 23.8 Å². The van der Waals surface area contributed by atoms with E-state index in [9.17, 15) is 0 Å². The predicted molar refractivity (Wildman–Crippen MR) is 80.6 cm³/mol. The number of hydrogen-bond acceptors (Lipinski definition) is 5. The lowest BCUT2D eigenvalue weighted by atomic mass is 10.1. The molecule has 6 nitrogen and oxygen atoms in total. The minimum atomic E-state index is 0.411. The summed E-state index contributed by atoms with van der Waals surface area (Å²) >= 11 is 0. The SMILES string of the molecule is Cc1cccc(N)c1-c1nnnn1CCOC1CCCC1. The molecule has 3 rings (SSSR count). The molecular formula is C15H21N5O. The molecule has 1 aliphatic rings. The van der Waals surface area contributed by atoms with Crippen LogP contribution in [-0.2, 0) is 11.3 Å². The molecule has 0 bridgehead atoms. The largest absolute Gasteiger partial charge is 0.398 e. The zero-order valence-electron chi connectivity index (χ0n) is 12.3. The molecule has 1 aromatic carbocycles. The van der Waals surface area contributed by atoms with Crippen LogP contribution < -0.4 is 5.73 Å². The van der Waals surface area contributed by atoms with E-state index in [1.807, 2.05) is 25.1 Å². The number of nitrogen functional groups attached to an aromatic ring is 1. The normalized spacial score (nSPS) is 15.7. The van der Waals surface area contributed by atoms with E-state index in [1.54, 1.807) is 4.68 Å². The van der Waals surface area contributed by atoms with Gasteiger partial charge in [-0.25, -0.2) is 4.68 Å². The van der Waals surface area contributed by atoms with E-state index in [0.717, 1.165) is 11.1 Å². The number of aryl methyl sites for hydroxylation is 1. The van der Waals surface area contributed by atoms with Crippen LogP contribution in [0.15, 0.2) is 18.2 Å². The highest BCUT2D eigenvalue weighted by Crippen LogP contribution is 2.27. The van der Waals surface area contributed by atoms with Gasteiger partial charge in [0.15, 0.2) is 5.82 Å². The first-order valence-electron chi connectivity index (χ1n) is 7.49. The number of nitrogens with zero attached hydrogens (tertiary/aromatic N) is 4. The number of aromatic nitrogens is 4. The molecule has 2 aromatic rings. The van der Waals surface area contributed by atoms with Crippen molar-refractivity contribution >= 4 is 5.69 Å². The fourth-order valence-electron chi connectivity index (χ4n) is 2.89. The lowest BCUT2D eigenvalue weighted by Crippen LogP contribution is -2.15.